The van der Waals surface area contributed by atoms with Crippen LogP contribution >= 0.6 is 0 Å². The van der Waals surface area contributed by atoms with Gasteiger partial charge in [-0.15, -0.1) is 0 Å². The minimum Gasteiger partial charge on any atom is -0.311 e. The number of nitrogens with one attached hydrogen (secondary N) is 1. The van der Waals surface area contributed by atoms with Gasteiger partial charge in [0.05, 0.1) is 0 Å². The van der Waals surface area contributed by atoms with E-state index in [0.29, 0.717) is 0 Å². The van der Waals surface area contributed by atoms with Gasteiger partial charge in [0.15, 0.2) is 0 Å². The van der Waals surface area contributed by atoms with Gasteiger partial charge >= 0.3 is 0 Å². The number of hydrogen-bond acceptors (Lipinski definition) is 1. The molecule has 0 bridgehead atoms. The lowest BCUT2D eigenvalue weighted by Crippen LogP contribution is -2.33. The molecule has 0 aromatic heterocycles. The molecule has 0 aromatic carbocycles. The topological polar surface area (TPSA) is 12.0 Å². The smallest absolute Gasteiger partial charge is 0.0104 e. The fourth-order valence-electron chi connectivity index (χ4n) is 3.02. The van der Waals surface area contributed by atoms with Gasteiger partial charge in [-0.1, -0.05) is 19.3 Å². The molecule has 3 fully saturated rings. The average Bonchev–Trinajstić information content (AvgIpc) is 2.99. The van der Waals surface area contributed by atoms with E-state index in [2.05, 4.69) is 5.32 Å². The van der Waals surface area contributed by atoms with E-state index >= 15 is 0 Å². The van der Waals surface area contributed by atoms with E-state index in [0.717, 1.165) is 23.9 Å². The molecule has 0 radical (unpaired) electrons. The standard InChI is InChI=1S/C12H21N/c1-2-4-10(5-3-1)13-12-8-11(12)9-6-7-9/h9-13H,1-8H2. The molecule has 0 amide bonds. The van der Waals surface area contributed by atoms with Gasteiger partial charge in [-0.2, -0.15) is 0 Å². The second-order valence-corrected chi connectivity index (χ2v) is 5.35. The highest BCUT2D eigenvalue weighted by Crippen LogP contribution is 2.50. The largest absolute Gasteiger partial charge is 0.311 e. The van der Waals surface area contributed by atoms with Gasteiger partial charge in [-0.25, -0.2) is 0 Å². The summed E-state index contributed by atoms with van der Waals surface area (Å²) in [6.07, 6.45) is 11.9. The first-order chi connectivity index (χ1) is 6.43. The first-order valence-corrected chi connectivity index (χ1v) is 6.19. The maximum absolute atomic E-state index is 3.86. The molecule has 0 aliphatic heterocycles. The molecular formula is C12H21N. The zero-order valence-electron chi connectivity index (χ0n) is 8.47. The van der Waals surface area contributed by atoms with Crippen LogP contribution in [0, 0.1) is 11.8 Å². The Labute approximate surface area is 81.3 Å². The van der Waals surface area contributed by atoms with E-state index in [9.17, 15) is 0 Å². The molecule has 2 atom stereocenters. The van der Waals surface area contributed by atoms with Crippen molar-refractivity contribution in [3.8, 4) is 0 Å². The molecule has 2 unspecified atom stereocenters. The van der Waals surface area contributed by atoms with Crippen LogP contribution < -0.4 is 5.32 Å². The maximum Gasteiger partial charge on any atom is 0.0104 e. The van der Waals surface area contributed by atoms with E-state index in [-0.39, 0.29) is 0 Å². The predicted octanol–water partition coefficient (Wildman–Crippen LogP) is 2.71. The van der Waals surface area contributed by atoms with Crippen LogP contribution in [0.2, 0.25) is 0 Å². The summed E-state index contributed by atoms with van der Waals surface area (Å²) in [7, 11) is 0. The highest BCUT2D eigenvalue weighted by molar-refractivity contribution is 5.02. The minimum absolute atomic E-state index is 0.891. The van der Waals surface area contributed by atoms with Crippen molar-refractivity contribution < 1.29 is 0 Å². The van der Waals surface area contributed by atoms with Crippen molar-refractivity contribution in [2.75, 3.05) is 0 Å². The second kappa shape index (κ2) is 3.27. The Morgan fingerprint density at radius 1 is 0.846 bits per heavy atom. The fraction of sp³-hybridized carbons (Fsp3) is 1.00. The molecule has 1 nitrogen and oxygen atoms in total. The quantitative estimate of drug-likeness (QED) is 0.702. The summed E-state index contributed by atoms with van der Waals surface area (Å²) in [4.78, 5) is 0. The van der Waals surface area contributed by atoms with Gasteiger partial charge in [0, 0.05) is 12.1 Å². The molecule has 1 N–H and O–H groups in total. The lowest BCUT2D eigenvalue weighted by Gasteiger charge is -2.23. The van der Waals surface area contributed by atoms with E-state index < -0.39 is 0 Å². The Hall–Kier alpha value is -0.0400. The second-order valence-electron chi connectivity index (χ2n) is 5.35. The van der Waals surface area contributed by atoms with Gasteiger partial charge < -0.3 is 5.32 Å². The molecule has 3 aliphatic carbocycles. The third-order valence-corrected chi connectivity index (χ3v) is 4.12. The maximum atomic E-state index is 3.86. The van der Waals surface area contributed by atoms with Crippen LogP contribution in [0.5, 0.6) is 0 Å². The Morgan fingerprint density at radius 2 is 1.62 bits per heavy atom. The SMILES string of the molecule is C1CCC(NC2CC2C2CC2)CC1. The Kier molecular flexibility index (Phi) is 2.08. The molecule has 0 aromatic rings. The molecule has 3 rings (SSSR count). The van der Waals surface area contributed by atoms with Gasteiger partial charge in [-0.3, -0.25) is 0 Å². The van der Waals surface area contributed by atoms with Crippen LogP contribution in [0.25, 0.3) is 0 Å². The highest BCUT2D eigenvalue weighted by Gasteiger charge is 2.47. The van der Waals surface area contributed by atoms with Crippen LogP contribution in [0.1, 0.15) is 51.4 Å². The van der Waals surface area contributed by atoms with Crippen molar-refractivity contribution >= 4 is 0 Å². The Morgan fingerprint density at radius 3 is 2.31 bits per heavy atom. The van der Waals surface area contributed by atoms with Crippen molar-refractivity contribution in [2.45, 2.75) is 63.5 Å². The zero-order chi connectivity index (χ0) is 8.67. The van der Waals surface area contributed by atoms with Crippen LogP contribution in [0.4, 0.5) is 0 Å². The van der Waals surface area contributed by atoms with Crippen LogP contribution in [-0.2, 0) is 0 Å². The first kappa shape index (κ1) is 8.28. The molecule has 3 saturated carbocycles. The van der Waals surface area contributed by atoms with Crippen molar-refractivity contribution in [3.63, 3.8) is 0 Å². The monoisotopic (exact) mass is 179 g/mol. The van der Waals surface area contributed by atoms with Crippen molar-refractivity contribution in [1.82, 2.24) is 5.32 Å². The van der Waals surface area contributed by atoms with Crippen LogP contribution in [0.3, 0.4) is 0 Å². The number of rotatable bonds is 3. The molecule has 0 saturated heterocycles. The van der Waals surface area contributed by atoms with Crippen molar-refractivity contribution in [1.29, 1.82) is 0 Å². The van der Waals surface area contributed by atoms with E-state index in [1.807, 2.05) is 0 Å². The van der Waals surface area contributed by atoms with Crippen LogP contribution in [-0.4, -0.2) is 12.1 Å². The summed E-state index contributed by atoms with van der Waals surface area (Å²) in [5.41, 5.74) is 0. The third kappa shape index (κ3) is 1.90. The average molecular weight is 179 g/mol. The summed E-state index contributed by atoms with van der Waals surface area (Å²) in [5, 5.41) is 3.86. The van der Waals surface area contributed by atoms with Crippen LogP contribution in [0.15, 0.2) is 0 Å². The first-order valence-electron chi connectivity index (χ1n) is 6.19. The van der Waals surface area contributed by atoms with E-state index in [4.69, 9.17) is 0 Å². The van der Waals surface area contributed by atoms with E-state index in [1.165, 1.54) is 51.4 Å². The van der Waals surface area contributed by atoms with Gasteiger partial charge in [0.1, 0.15) is 0 Å². The number of hydrogen-bond donors (Lipinski definition) is 1. The molecule has 0 heterocycles. The molecular weight excluding hydrogens is 158 g/mol. The van der Waals surface area contributed by atoms with Gasteiger partial charge in [-0.05, 0) is 43.9 Å². The molecule has 3 aliphatic rings. The third-order valence-electron chi connectivity index (χ3n) is 4.12. The fourth-order valence-corrected chi connectivity index (χ4v) is 3.02. The normalized spacial score (nSPS) is 40.6. The Balaban J connectivity index is 1.42. The van der Waals surface area contributed by atoms with Crippen molar-refractivity contribution in [2.24, 2.45) is 11.8 Å². The summed E-state index contributed by atoms with van der Waals surface area (Å²) in [6, 6.07) is 1.83. The van der Waals surface area contributed by atoms with Gasteiger partial charge in [0.2, 0.25) is 0 Å². The molecule has 0 spiro atoms. The zero-order valence-corrected chi connectivity index (χ0v) is 8.47. The lowest BCUT2D eigenvalue weighted by molar-refractivity contribution is 0.363. The minimum atomic E-state index is 0.891. The predicted molar refractivity (Wildman–Crippen MR) is 54.6 cm³/mol. The molecule has 13 heavy (non-hydrogen) atoms. The van der Waals surface area contributed by atoms with E-state index in [1.54, 1.807) is 0 Å². The summed E-state index contributed by atoms with van der Waals surface area (Å²) in [6.45, 7) is 0. The van der Waals surface area contributed by atoms with Gasteiger partial charge in [0.25, 0.3) is 0 Å². The summed E-state index contributed by atoms with van der Waals surface area (Å²) in [5.74, 6) is 2.24. The highest BCUT2D eigenvalue weighted by atomic mass is 15.0. The summed E-state index contributed by atoms with van der Waals surface area (Å²) >= 11 is 0. The molecule has 74 valence electrons. The summed E-state index contributed by atoms with van der Waals surface area (Å²) < 4.78 is 0. The lowest BCUT2D eigenvalue weighted by atomic mass is 9.95. The molecule has 1 heteroatoms. The van der Waals surface area contributed by atoms with Crippen molar-refractivity contribution in [3.05, 3.63) is 0 Å². The Bertz CT molecular complexity index is 180.